The molecule has 2 N–H and O–H groups in total. The molecule has 1 atom stereocenters. The van der Waals surface area contributed by atoms with Crippen LogP contribution in [0.5, 0.6) is 0 Å². The summed E-state index contributed by atoms with van der Waals surface area (Å²) in [5.41, 5.74) is 0. The molecular formula is C11H14Br2N2O2S. The van der Waals surface area contributed by atoms with Crippen molar-refractivity contribution in [2.45, 2.75) is 23.8 Å². The van der Waals surface area contributed by atoms with Crippen LogP contribution in [0.15, 0.2) is 32.0 Å². The lowest BCUT2D eigenvalue weighted by Crippen LogP contribution is -2.37. The highest BCUT2D eigenvalue weighted by Gasteiger charge is 2.21. The van der Waals surface area contributed by atoms with Crippen molar-refractivity contribution in [1.82, 2.24) is 10.0 Å². The molecule has 100 valence electrons. The maximum atomic E-state index is 12.2. The van der Waals surface area contributed by atoms with E-state index in [4.69, 9.17) is 0 Å². The minimum Gasteiger partial charge on any atom is -0.313 e. The van der Waals surface area contributed by atoms with Gasteiger partial charge in [-0.05, 0) is 53.5 Å². The Kier molecular flexibility index (Phi) is 4.82. The first-order valence-corrected chi connectivity index (χ1v) is 8.74. The van der Waals surface area contributed by atoms with Gasteiger partial charge < -0.3 is 5.32 Å². The average Bonchev–Trinajstić information content (AvgIpc) is 2.83. The summed E-state index contributed by atoms with van der Waals surface area (Å²) in [7, 11) is -3.47. The van der Waals surface area contributed by atoms with Crippen LogP contribution in [-0.2, 0) is 10.0 Å². The summed E-state index contributed by atoms with van der Waals surface area (Å²) in [6.45, 7) is 1.40. The van der Waals surface area contributed by atoms with Crippen LogP contribution in [0.4, 0.5) is 0 Å². The number of sulfonamides is 1. The van der Waals surface area contributed by atoms with E-state index in [0.717, 1.165) is 23.9 Å². The number of rotatable bonds is 4. The third-order valence-electron chi connectivity index (χ3n) is 2.86. The van der Waals surface area contributed by atoms with Gasteiger partial charge in [-0.3, -0.25) is 0 Å². The van der Waals surface area contributed by atoms with Crippen LogP contribution in [0.25, 0.3) is 0 Å². The van der Waals surface area contributed by atoms with E-state index < -0.39 is 10.0 Å². The zero-order valence-corrected chi connectivity index (χ0v) is 13.6. The summed E-state index contributed by atoms with van der Waals surface area (Å²) in [4.78, 5) is 0.259. The molecule has 1 aliphatic rings. The molecule has 1 aliphatic heterocycles. The van der Waals surface area contributed by atoms with E-state index in [9.17, 15) is 8.42 Å². The second kappa shape index (κ2) is 6.00. The maximum Gasteiger partial charge on any atom is 0.241 e. The van der Waals surface area contributed by atoms with Crippen molar-refractivity contribution in [1.29, 1.82) is 0 Å². The molecule has 7 heteroatoms. The van der Waals surface area contributed by atoms with Gasteiger partial charge in [0.25, 0.3) is 0 Å². The van der Waals surface area contributed by atoms with Gasteiger partial charge in [0.1, 0.15) is 0 Å². The van der Waals surface area contributed by atoms with Crippen LogP contribution in [-0.4, -0.2) is 27.5 Å². The number of hydrogen-bond donors (Lipinski definition) is 2. The van der Waals surface area contributed by atoms with Crippen molar-refractivity contribution >= 4 is 41.9 Å². The topological polar surface area (TPSA) is 58.2 Å². The standard InChI is InChI=1S/C11H14Br2N2O2S/c12-8-3-4-10(13)11(6-8)18(16,17)15-7-9-2-1-5-14-9/h3-4,6,9,14-15H,1-2,5,7H2. The maximum absolute atomic E-state index is 12.2. The summed E-state index contributed by atoms with van der Waals surface area (Å²) in [6, 6.07) is 5.34. The largest absolute Gasteiger partial charge is 0.313 e. The van der Waals surface area contributed by atoms with Gasteiger partial charge in [0.2, 0.25) is 10.0 Å². The normalized spacial score (nSPS) is 20.2. The second-order valence-corrected chi connectivity index (χ2v) is 7.73. The van der Waals surface area contributed by atoms with E-state index >= 15 is 0 Å². The molecular weight excluding hydrogens is 384 g/mol. The monoisotopic (exact) mass is 396 g/mol. The first kappa shape index (κ1) is 14.5. The Balaban J connectivity index is 2.12. The van der Waals surface area contributed by atoms with Crippen LogP contribution in [0.3, 0.4) is 0 Å². The highest BCUT2D eigenvalue weighted by atomic mass is 79.9. The molecule has 1 unspecified atom stereocenters. The van der Waals surface area contributed by atoms with Gasteiger partial charge in [0, 0.05) is 21.5 Å². The average molecular weight is 398 g/mol. The molecule has 0 bridgehead atoms. The Labute approximate surface area is 124 Å². The molecule has 0 aliphatic carbocycles. The van der Waals surface area contributed by atoms with E-state index in [1.54, 1.807) is 18.2 Å². The van der Waals surface area contributed by atoms with Crippen molar-refractivity contribution in [3.05, 3.63) is 27.1 Å². The predicted octanol–water partition coefficient (Wildman–Crippen LogP) is 2.24. The quantitative estimate of drug-likeness (QED) is 0.819. The SMILES string of the molecule is O=S(=O)(NCC1CCCN1)c1cc(Br)ccc1Br. The molecule has 0 radical (unpaired) electrons. The number of hydrogen-bond acceptors (Lipinski definition) is 3. The zero-order chi connectivity index (χ0) is 13.2. The molecule has 1 saturated heterocycles. The lowest BCUT2D eigenvalue weighted by molar-refractivity contribution is 0.551. The molecule has 1 heterocycles. The van der Waals surface area contributed by atoms with Gasteiger partial charge in [-0.1, -0.05) is 15.9 Å². The lowest BCUT2D eigenvalue weighted by Gasteiger charge is -2.13. The smallest absolute Gasteiger partial charge is 0.241 e. The fourth-order valence-electron chi connectivity index (χ4n) is 1.90. The molecule has 0 amide bonds. The van der Waals surface area contributed by atoms with Gasteiger partial charge in [-0.25, -0.2) is 13.1 Å². The summed E-state index contributed by atoms with van der Waals surface area (Å²) < 4.78 is 28.3. The van der Waals surface area contributed by atoms with Gasteiger partial charge in [-0.15, -0.1) is 0 Å². The minimum absolute atomic E-state index is 0.241. The van der Waals surface area contributed by atoms with E-state index in [1.165, 1.54) is 0 Å². The Morgan fingerprint density at radius 3 is 2.83 bits per heavy atom. The number of halogens is 2. The second-order valence-electron chi connectivity index (χ2n) is 4.22. The third-order valence-corrected chi connectivity index (χ3v) is 5.78. The molecule has 0 aromatic heterocycles. The molecule has 1 aromatic carbocycles. The van der Waals surface area contributed by atoms with Crippen LogP contribution in [0.2, 0.25) is 0 Å². The number of benzene rings is 1. The zero-order valence-electron chi connectivity index (χ0n) is 9.62. The first-order chi connectivity index (χ1) is 8.49. The molecule has 1 aromatic rings. The van der Waals surface area contributed by atoms with Crippen LogP contribution in [0.1, 0.15) is 12.8 Å². The van der Waals surface area contributed by atoms with Crippen LogP contribution >= 0.6 is 31.9 Å². The highest BCUT2D eigenvalue weighted by Crippen LogP contribution is 2.25. The van der Waals surface area contributed by atoms with Crippen molar-refractivity contribution in [2.75, 3.05) is 13.1 Å². The van der Waals surface area contributed by atoms with Crippen molar-refractivity contribution in [2.24, 2.45) is 0 Å². The van der Waals surface area contributed by atoms with Crippen molar-refractivity contribution < 1.29 is 8.42 Å². The first-order valence-electron chi connectivity index (χ1n) is 5.67. The van der Waals surface area contributed by atoms with E-state index in [1.807, 2.05) is 0 Å². The van der Waals surface area contributed by atoms with Crippen LogP contribution < -0.4 is 10.0 Å². The summed E-state index contributed by atoms with van der Waals surface area (Å²) in [6.07, 6.45) is 2.12. The molecule has 18 heavy (non-hydrogen) atoms. The van der Waals surface area contributed by atoms with E-state index in [2.05, 4.69) is 41.9 Å². The summed E-state index contributed by atoms with van der Waals surface area (Å²) >= 11 is 6.54. The fraction of sp³-hybridized carbons (Fsp3) is 0.455. The Morgan fingerprint density at radius 1 is 1.39 bits per heavy atom. The molecule has 4 nitrogen and oxygen atoms in total. The third kappa shape index (κ3) is 3.54. The highest BCUT2D eigenvalue weighted by molar-refractivity contribution is 9.11. The molecule has 2 rings (SSSR count). The van der Waals surface area contributed by atoms with Crippen molar-refractivity contribution in [3.63, 3.8) is 0 Å². The van der Waals surface area contributed by atoms with Gasteiger partial charge >= 0.3 is 0 Å². The molecule has 1 fully saturated rings. The molecule has 0 spiro atoms. The van der Waals surface area contributed by atoms with E-state index in [-0.39, 0.29) is 10.9 Å². The van der Waals surface area contributed by atoms with Gasteiger partial charge in [0.05, 0.1) is 4.90 Å². The van der Waals surface area contributed by atoms with E-state index in [0.29, 0.717) is 11.0 Å². The minimum atomic E-state index is -3.47. The van der Waals surface area contributed by atoms with Gasteiger partial charge in [0.15, 0.2) is 0 Å². The predicted molar refractivity (Wildman–Crippen MR) is 78.1 cm³/mol. The number of nitrogens with one attached hydrogen (secondary N) is 2. The molecule has 0 saturated carbocycles. The summed E-state index contributed by atoms with van der Waals surface area (Å²) in [5.74, 6) is 0. The summed E-state index contributed by atoms with van der Waals surface area (Å²) in [5, 5.41) is 3.26. The Morgan fingerprint density at radius 2 is 2.17 bits per heavy atom. The van der Waals surface area contributed by atoms with Gasteiger partial charge in [-0.2, -0.15) is 0 Å². The Hall–Kier alpha value is 0.0500. The fourth-order valence-corrected chi connectivity index (χ4v) is 4.48. The Bertz CT molecular complexity index is 528. The van der Waals surface area contributed by atoms with Crippen molar-refractivity contribution in [3.8, 4) is 0 Å². The van der Waals surface area contributed by atoms with Crippen LogP contribution in [0, 0.1) is 0 Å². The lowest BCUT2D eigenvalue weighted by atomic mass is 10.2.